The number of hydrogen-bond acceptors (Lipinski definition) is 5. The van der Waals surface area contributed by atoms with Crippen molar-refractivity contribution in [3.63, 3.8) is 0 Å². The molecule has 1 aliphatic carbocycles. The standard InChI is InChI=1S/C19H24ClNO5.ClH/c1-2-25-19(24)15-6-4-13(20)9-17(15)26-14-5-3-11-10-21-16(18(22)23)8-12(11)7-14;/h4,6,9,11-12,14,16,21H,2-3,5,7-8,10H2,1H3,(H,22,23);1H. The normalized spacial score (nSPS) is 27.0. The van der Waals surface area contributed by atoms with Gasteiger partial charge in [0.05, 0.1) is 12.7 Å². The molecule has 3 rings (SSSR count). The first-order chi connectivity index (χ1) is 12.5. The average molecular weight is 418 g/mol. The molecule has 1 aliphatic heterocycles. The molecule has 2 N–H and O–H groups in total. The first kappa shape index (κ1) is 21.8. The van der Waals surface area contributed by atoms with Gasteiger partial charge in [-0.1, -0.05) is 11.6 Å². The third-order valence-corrected chi connectivity index (χ3v) is 5.52. The summed E-state index contributed by atoms with van der Waals surface area (Å²) in [5, 5.41) is 12.9. The lowest BCUT2D eigenvalue weighted by molar-refractivity contribution is -0.141. The highest BCUT2D eigenvalue weighted by Crippen LogP contribution is 2.38. The minimum absolute atomic E-state index is 0. The fourth-order valence-electron chi connectivity index (χ4n) is 3.97. The number of benzene rings is 1. The first-order valence-corrected chi connectivity index (χ1v) is 9.45. The Morgan fingerprint density at radius 2 is 2.04 bits per heavy atom. The van der Waals surface area contributed by atoms with Crippen LogP contribution in [0.5, 0.6) is 5.75 Å². The zero-order chi connectivity index (χ0) is 18.7. The Morgan fingerprint density at radius 3 is 2.74 bits per heavy atom. The predicted octanol–water partition coefficient (Wildman–Crippen LogP) is 3.55. The van der Waals surface area contributed by atoms with Gasteiger partial charge < -0.3 is 19.9 Å². The van der Waals surface area contributed by atoms with Crippen molar-refractivity contribution < 1.29 is 24.2 Å². The summed E-state index contributed by atoms with van der Waals surface area (Å²) < 4.78 is 11.2. The second kappa shape index (κ2) is 9.62. The Morgan fingerprint density at radius 1 is 1.26 bits per heavy atom. The van der Waals surface area contributed by atoms with E-state index >= 15 is 0 Å². The number of esters is 1. The molecule has 1 saturated carbocycles. The van der Waals surface area contributed by atoms with Gasteiger partial charge in [-0.3, -0.25) is 4.79 Å². The van der Waals surface area contributed by atoms with Gasteiger partial charge in [-0.05, 0) is 69.2 Å². The molecule has 4 atom stereocenters. The van der Waals surface area contributed by atoms with Gasteiger partial charge in [0.25, 0.3) is 0 Å². The number of carboxylic acid groups (broad SMARTS) is 1. The topological polar surface area (TPSA) is 84.9 Å². The van der Waals surface area contributed by atoms with Gasteiger partial charge in [-0.2, -0.15) is 0 Å². The van der Waals surface area contributed by atoms with E-state index < -0.39 is 18.0 Å². The Kier molecular flexibility index (Phi) is 7.77. The molecule has 8 heteroatoms. The van der Waals surface area contributed by atoms with Crippen LogP contribution in [-0.2, 0) is 9.53 Å². The maximum Gasteiger partial charge on any atom is 0.341 e. The Hall–Kier alpha value is -1.50. The van der Waals surface area contributed by atoms with Crippen molar-refractivity contribution in [1.29, 1.82) is 0 Å². The van der Waals surface area contributed by atoms with Crippen molar-refractivity contribution in [3.05, 3.63) is 28.8 Å². The fraction of sp³-hybridized carbons (Fsp3) is 0.579. The number of aliphatic carboxylic acids is 1. The van der Waals surface area contributed by atoms with Crippen molar-refractivity contribution in [2.24, 2.45) is 11.8 Å². The molecule has 0 radical (unpaired) electrons. The minimum atomic E-state index is -0.800. The molecule has 1 heterocycles. The van der Waals surface area contributed by atoms with Crippen LogP contribution in [0, 0.1) is 11.8 Å². The minimum Gasteiger partial charge on any atom is -0.489 e. The lowest BCUT2D eigenvalue weighted by Gasteiger charge is -2.41. The lowest BCUT2D eigenvalue weighted by atomic mass is 9.72. The molecular weight excluding hydrogens is 393 g/mol. The van der Waals surface area contributed by atoms with Crippen LogP contribution in [0.1, 0.15) is 43.0 Å². The van der Waals surface area contributed by atoms with E-state index in [4.69, 9.17) is 21.1 Å². The molecule has 6 nitrogen and oxygen atoms in total. The lowest BCUT2D eigenvalue weighted by Crippen LogP contribution is -2.50. The van der Waals surface area contributed by atoms with Crippen molar-refractivity contribution in [2.75, 3.05) is 13.2 Å². The van der Waals surface area contributed by atoms with E-state index in [0.29, 0.717) is 34.6 Å². The Balaban J connectivity index is 0.00000261. The van der Waals surface area contributed by atoms with E-state index in [1.807, 2.05) is 0 Å². The number of fused-ring (bicyclic) bond motifs is 1. The molecule has 2 fully saturated rings. The van der Waals surface area contributed by atoms with Gasteiger partial charge in [0.1, 0.15) is 17.4 Å². The van der Waals surface area contributed by atoms with E-state index in [-0.39, 0.29) is 25.1 Å². The van der Waals surface area contributed by atoms with Gasteiger partial charge in [-0.15, -0.1) is 12.4 Å². The van der Waals surface area contributed by atoms with Crippen LogP contribution in [0.4, 0.5) is 0 Å². The summed E-state index contributed by atoms with van der Waals surface area (Å²) >= 11 is 6.08. The summed E-state index contributed by atoms with van der Waals surface area (Å²) in [6, 6.07) is 4.41. The zero-order valence-electron chi connectivity index (χ0n) is 15.2. The number of ether oxygens (including phenoxy) is 2. The van der Waals surface area contributed by atoms with Crippen molar-refractivity contribution >= 4 is 35.9 Å². The monoisotopic (exact) mass is 417 g/mol. The number of nitrogens with one attached hydrogen (secondary N) is 1. The molecule has 150 valence electrons. The highest BCUT2D eigenvalue weighted by Gasteiger charge is 2.38. The molecule has 1 aromatic carbocycles. The highest BCUT2D eigenvalue weighted by molar-refractivity contribution is 6.30. The third kappa shape index (κ3) is 5.27. The Labute approximate surface area is 170 Å². The van der Waals surface area contributed by atoms with Crippen LogP contribution in [-0.4, -0.2) is 42.3 Å². The highest BCUT2D eigenvalue weighted by atomic mass is 35.5. The Bertz CT molecular complexity index is 684. The van der Waals surface area contributed by atoms with E-state index in [2.05, 4.69) is 5.32 Å². The van der Waals surface area contributed by atoms with Gasteiger partial charge in [0.2, 0.25) is 0 Å². The van der Waals surface area contributed by atoms with E-state index in [9.17, 15) is 14.7 Å². The number of halogens is 2. The number of rotatable bonds is 5. The van der Waals surface area contributed by atoms with E-state index in [1.165, 1.54) is 0 Å². The van der Waals surface area contributed by atoms with Crippen LogP contribution in [0.25, 0.3) is 0 Å². The summed E-state index contributed by atoms with van der Waals surface area (Å²) in [7, 11) is 0. The molecule has 2 aliphatic rings. The van der Waals surface area contributed by atoms with Gasteiger partial charge in [-0.25, -0.2) is 4.79 Å². The molecule has 0 aromatic heterocycles. The molecule has 0 bridgehead atoms. The van der Waals surface area contributed by atoms with E-state index in [1.54, 1.807) is 25.1 Å². The summed E-state index contributed by atoms with van der Waals surface area (Å²) in [6.07, 6.45) is 3.18. The largest absolute Gasteiger partial charge is 0.489 e. The molecule has 1 saturated heterocycles. The third-order valence-electron chi connectivity index (χ3n) is 5.29. The number of carboxylic acids is 1. The van der Waals surface area contributed by atoms with Gasteiger partial charge in [0, 0.05) is 5.02 Å². The van der Waals surface area contributed by atoms with Crippen molar-refractivity contribution in [1.82, 2.24) is 5.32 Å². The quantitative estimate of drug-likeness (QED) is 0.712. The molecule has 0 amide bonds. The van der Waals surface area contributed by atoms with Gasteiger partial charge in [0.15, 0.2) is 0 Å². The van der Waals surface area contributed by atoms with Crippen LogP contribution >= 0.6 is 24.0 Å². The second-order valence-electron chi connectivity index (χ2n) is 6.97. The summed E-state index contributed by atoms with van der Waals surface area (Å²) in [4.78, 5) is 23.4. The predicted molar refractivity (Wildman–Crippen MR) is 104 cm³/mol. The summed E-state index contributed by atoms with van der Waals surface area (Å²) in [6.45, 7) is 2.78. The van der Waals surface area contributed by atoms with Crippen LogP contribution in [0.2, 0.25) is 5.02 Å². The maximum atomic E-state index is 12.1. The summed E-state index contributed by atoms with van der Waals surface area (Å²) in [5.41, 5.74) is 0.368. The number of carbonyl (C=O) groups is 2. The van der Waals surface area contributed by atoms with Crippen LogP contribution in [0.3, 0.4) is 0 Å². The molecule has 27 heavy (non-hydrogen) atoms. The van der Waals surface area contributed by atoms with Crippen LogP contribution < -0.4 is 10.1 Å². The molecule has 1 aromatic rings. The van der Waals surface area contributed by atoms with Crippen LogP contribution in [0.15, 0.2) is 18.2 Å². The molecule has 0 spiro atoms. The molecule has 4 unspecified atom stereocenters. The fourth-order valence-corrected chi connectivity index (χ4v) is 4.13. The first-order valence-electron chi connectivity index (χ1n) is 9.07. The maximum absolute atomic E-state index is 12.1. The number of hydrogen-bond donors (Lipinski definition) is 2. The number of piperidine rings is 1. The number of carbonyl (C=O) groups excluding carboxylic acids is 1. The smallest absolute Gasteiger partial charge is 0.341 e. The average Bonchev–Trinajstić information content (AvgIpc) is 2.61. The van der Waals surface area contributed by atoms with Crippen molar-refractivity contribution in [3.8, 4) is 5.75 Å². The van der Waals surface area contributed by atoms with Gasteiger partial charge >= 0.3 is 11.9 Å². The summed E-state index contributed by atoms with van der Waals surface area (Å²) in [5.74, 6) is -0.00891. The molecular formula is C19H25Cl2NO5. The van der Waals surface area contributed by atoms with Crippen molar-refractivity contribution in [2.45, 2.75) is 44.8 Å². The zero-order valence-corrected chi connectivity index (χ0v) is 16.7. The second-order valence-corrected chi connectivity index (χ2v) is 7.41. The van der Waals surface area contributed by atoms with E-state index in [0.717, 1.165) is 25.8 Å². The SMILES string of the molecule is CCOC(=O)c1ccc(Cl)cc1OC1CCC2CNC(C(=O)O)CC2C1.Cl.